The third kappa shape index (κ3) is 4.08. The monoisotopic (exact) mass is 293 g/mol. The highest BCUT2D eigenvalue weighted by atomic mass is 19.4. The summed E-state index contributed by atoms with van der Waals surface area (Å²) in [6.07, 6.45) is -4.29. The molecule has 0 aliphatic heterocycles. The molecule has 0 saturated carbocycles. The zero-order valence-electron chi connectivity index (χ0n) is 12.0. The fourth-order valence-electron chi connectivity index (χ4n) is 2.27. The van der Waals surface area contributed by atoms with Gasteiger partial charge in [0.1, 0.15) is 0 Å². The highest BCUT2D eigenvalue weighted by Crippen LogP contribution is 2.30. The Bertz CT molecular complexity index is 561. The molecule has 0 fully saturated rings. The maximum Gasteiger partial charge on any atom is 0.416 e. The van der Waals surface area contributed by atoms with Gasteiger partial charge >= 0.3 is 6.18 Å². The first-order valence-electron chi connectivity index (χ1n) is 6.86. The number of halogens is 3. The summed E-state index contributed by atoms with van der Waals surface area (Å²) >= 11 is 0. The van der Waals surface area contributed by atoms with Gasteiger partial charge in [-0.25, -0.2) is 0 Å². The molecule has 0 heterocycles. The molecule has 4 heteroatoms. The third-order valence-corrected chi connectivity index (χ3v) is 3.54. The molecular weight excluding hydrogens is 275 g/mol. The predicted octanol–water partition coefficient (Wildman–Crippen LogP) is 5.12. The molecule has 0 bridgehead atoms. The Kier molecular flexibility index (Phi) is 4.68. The molecule has 0 amide bonds. The Morgan fingerprint density at radius 2 is 1.24 bits per heavy atom. The zero-order chi connectivity index (χ0) is 15.5. The standard InChI is InChI=1S/C17H18F3N/c1-12(14-6-4-3-5-7-14)21-13(2)15-8-10-16(11-9-15)17(18,19)20/h3-13,21H,1-2H3/t12-,13-/m0/s1. The van der Waals surface area contributed by atoms with Crippen molar-refractivity contribution in [1.29, 1.82) is 0 Å². The van der Waals surface area contributed by atoms with E-state index in [9.17, 15) is 13.2 Å². The molecule has 112 valence electrons. The normalized spacial score (nSPS) is 14.7. The average molecular weight is 293 g/mol. The second kappa shape index (κ2) is 6.31. The van der Waals surface area contributed by atoms with Gasteiger partial charge in [0.25, 0.3) is 0 Å². The van der Waals surface area contributed by atoms with E-state index < -0.39 is 11.7 Å². The van der Waals surface area contributed by atoms with Crippen LogP contribution in [0.2, 0.25) is 0 Å². The minimum atomic E-state index is -4.29. The molecule has 0 unspecified atom stereocenters. The lowest BCUT2D eigenvalue weighted by atomic mass is 10.0. The highest BCUT2D eigenvalue weighted by Gasteiger charge is 2.30. The summed E-state index contributed by atoms with van der Waals surface area (Å²) < 4.78 is 37.6. The third-order valence-electron chi connectivity index (χ3n) is 3.54. The molecule has 1 N–H and O–H groups in total. The van der Waals surface area contributed by atoms with Crippen LogP contribution in [0.25, 0.3) is 0 Å². The molecule has 2 atom stereocenters. The van der Waals surface area contributed by atoms with Crippen molar-refractivity contribution in [2.45, 2.75) is 32.1 Å². The van der Waals surface area contributed by atoms with E-state index in [1.807, 2.05) is 44.2 Å². The molecule has 0 radical (unpaired) electrons. The van der Waals surface area contributed by atoms with E-state index in [4.69, 9.17) is 0 Å². The van der Waals surface area contributed by atoms with Crippen molar-refractivity contribution < 1.29 is 13.2 Å². The van der Waals surface area contributed by atoms with Crippen LogP contribution in [0.5, 0.6) is 0 Å². The topological polar surface area (TPSA) is 12.0 Å². The molecule has 2 rings (SSSR count). The van der Waals surface area contributed by atoms with Crippen LogP contribution in [0.1, 0.15) is 42.6 Å². The number of nitrogens with one attached hydrogen (secondary N) is 1. The molecule has 2 aromatic rings. The van der Waals surface area contributed by atoms with E-state index in [-0.39, 0.29) is 12.1 Å². The summed E-state index contributed by atoms with van der Waals surface area (Å²) in [6.45, 7) is 3.98. The number of hydrogen-bond acceptors (Lipinski definition) is 1. The quantitative estimate of drug-likeness (QED) is 0.825. The minimum Gasteiger partial charge on any atom is -0.304 e. The number of hydrogen-bond donors (Lipinski definition) is 1. The maximum absolute atomic E-state index is 12.5. The Hall–Kier alpha value is -1.81. The van der Waals surface area contributed by atoms with E-state index in [2.05, 4.69) is 5.32 Å². The average Bonchev–Trinajstić information content (AvgIpc) is 2.47. The second-order valence-electron chi connectivity index (χ2n) is 5.14. The molecule has 1 nitrogen and oxygen atoms in total. The Labute approximate surface area is 122 Å². The van der Waals surface area contributed by atoms with Crippen molar-refractivity contribution >= 4 is 0 Å². The fraction of sp³-hybridized carbons (Fsp3) is 0.294. The highest BCUT2D eigenvalue weighted by molar-refractivity contribution is 5.27. The van der Waals surface area contributed by atoms with Crippen LogP contribution < -0.4 is 5.32 Å². The lowest BCUT2D eigenvalue weighted by Gasteiger charge is -2.21. The summed E-state index contributed by atoms with van der Waals surface area (Å²) in [7, 11) is 0. The predicted molar refractivity (Wildman–Crippen MR) is 77.9 cm³/mol. The lowest BCUT2D eigenvalue weighted by Crippen LogP contribution is -2.22. The van der Waals surface area contributed by atoms with Gasteiger partial charge in [0.15, 0.2) is 0 Å². The smallest absolute Gasteiger partial charge is 0.304 e. The van der Waals surface area contributed by atoms with Gasteiger partial charge in [-0.15, -0.1) is 0 Å². The van der Waals surface area contributed by atoms with Gasteiger partial charge in [-0.3, -0.25) is 0 Å². The van der Waals surface area contributed by atoms with Crippen molar-refractivity contribution in [1.82, 2.24) is 5.32 Å². The van der Waals surface area contributed by atoms with Gasteiger partial charge in [0.05, 0.1) is 5.56 Å². The van der Waals surface area contributed by atoms with Crippen molar-refractivity contribution in [3.8, 4) is 0 Å². The number of alkyl halides is 3. The maximum atomic E-state index is 12.5. The van der Waals surface area contributed by atoms with Crippen LogP contribution in [-0.2, 0) is 6.18 Å². The van der Waals surface area contributed by atoms with Crippen LogP contribution in [0.15, 0.2) is 54.6 Å². The first kappa shape index (κ1) is 15.6. The summed E-state index contributed by atoms with van der Waals surface area (Å²) in [5.41, 5.74) is 1.37. The zero-order valence-corrected chi connectivity index (χ0v) is 12.0. The van der Waals surface area contributed by atoms with E-state index >= 15 is 0 Å². The van der Waals surface area contributed by atoms with E-state index in [0.29, 0.717) is 0 Å². The number of benzene rings is 2. The molecular formula is C17H18F3N. The summed E-state index contributed by atoms with van der Waals surface area (Å²) in [5.74, 6) is 0. The second-order valence-corrected chi connectivity index (χ2v) is 5.14. The lowest BCUT2D eigenvalue weighted by molar-refractivity contribution is -0.137. The summed E-state index contributed by atoms with van der Waals surface area (Å²) in [6, 6.07) is 15.3. The van der Waals surface area contributed by atoms with Gasteiger partial charge in [0, 0.05) is 12.1 Å². The van der Waals surface area contributed by atoms with Crippen molar-refractivity contribution in [2.75, 3.05) is 0 Å². The van der Waals surface area contributed by atoms with E-state index in [1.54, 1.807) is 0 Å². The van der Waals surface area contributed by atoms with E-state index in [0.717, 1.165) is 23.3 Å². The molecule has 0 aliphatic rings. The van der Waals surface area contributed by atoms with Crippen LogP contribution >= 0.6 is 0 Å². The van der Waals surface area contributed by atoms with Crippen molar-refractivity contribution in [2.24, 2.45) is 0 Å². The van der Waals surface area contributed by atoms with Crippen molar-refractivity contribution in [3.63, 3.8) is 0 Å². The Morgan fingerprint density at radius 1 is 0.762 bits per heavy atom. The molecule has 0 aliphatic carbocycles. The van der Waals surface area contributed by atoms with Gasteiger partial charge in [-0.1, -0.05) is 42.5 Å². The van der Waals surface area contributed by atoms with Gasteiger partial charge in [0.2, 0.25) is 0 Å². The number of rotatable bonds is 4. The van der Waals surface area contributed by atoms with Crippen LogP contribution in [-0.4, -0.2) is 0 Å². The van der Waals surface area contributed by atoms with E-state index in [1.165, 1.54) is 12.1 Å². The van der Waals surface area contributed by atoms with Crippen LogP contribution in [0.4, 0.5) is 13.2 Å². The summed E-state index contributed by atoms with van der Waals surface area (Å²) in [4.78, 5) is 0. The molecule has 2 aromatic carbocycles. The molecule has 0 aromatic heterocycles. The van der Waals surface area contributed by atoms with Gasteiger partial charge < -0.3 is 5.32 Å². The van der Waals surface area contributed by atoms with Crippen molar-refractivity contribution in [3.05, 3.63) is 71.3 Å². The molecule has 0 saturated heterocycles. The molecule has 0 spiro atoms. The summed E-state index contributed by atoms with van der Waals surface area (Å²) in [5, 5.41) is 3.39. The first-order valence-corrected chi connectivity index (χ1v) is 6.86. The Morgan fingerprint density at radius 3 is 1.71 bits per heavy atom. The molecule has 21 heavy (non-hydrogen) atoms. The Balaban J connectivity index is 2.05. The van der Waals surface area contributed by atoms with Gasteiger partial charge in [-0.2, -0.15) is 13.2 Å². The SMILES string of the molecule is C[C@H](N[C@@H](C)c1ccc(C(F)(F)F)cc1)c1ccccc1. The largest absolute Gasteiger partial charge is 0.416 e. The fourth-order valence-corrected chi connectivity index (χ4v) is 2.27. The first-order chi connectivity index (χ1) is 9.88. The van der Waals surface area contributed by atoms with Gasteiger partial charge in [-0.05, 0) is 37.1 Å². The minimum absolute atomic E-state index is 0.0255. The van der Waals surface area contributed by atoms with Crippen LogP contribution in [0, 0.1) is 0 Å². The van der Waals surface area contributed by atoms with Crippen LogP contribution in [0.3, 0.4) is 0 Å².